The maximum absolute atomic E-state index is 12.0. The lowest BCUT2D eigenvalue weighted by Crippen LogP contribution is -2.45. The lowest BCUT2D eigenvalue weighted by atomic mass is 10.3. The summed E-state index contributed by atoms with van der Waals surface area (Å²) in [6, 6.07) is 1.68. The number of hydrogen-bond donors (Lipinski definition) is 2. The van der Waals surface area contributed by atoms with Crippen molar-refractivity contribution >= 4 is 15.7 Å². The van der Waals surface area contributed by atoms with Gasteiger partial charge in [0, 0.05) is 45.1 Å². The molecule has 0 atom stereocenters. The zero-order chi connectivity index (χ0) is 13.7. The quantitative estimate of drug-likeness (QED) is 0.798. The second-order valence-corrected chi connectivity index (χ2v) is 6.55. The third kappa shape index (κ3) is 4.45. The van der Waals surface area contributed by atoms with Crippen molar-refractivity contribution in [1.29, 1.82) is 0 Å². The van der Waals surface area contributed by atoms with E-state index in [-0.39, 0.29) is 5.75 Å². The van der Waals surface area contributed by atoms with Gasteiger partial charge < -0.3 is 5.32 Å². The normalized spacial score (nSPS) is 17.3. The molecule has 1 aliphatic rings. The molecule has 7 heteroatoms. The number of pyridine rings is 1. The molecule has 2 rings (SSSR count). The van der Waals surface area contributed by atoms with Gasteiger partial charge in [0.15, 0.2) is 0 Å². The minimum Gasteiger partial charge on any atom is -0.314 e. The van der Waals surface area contributed by atoms with Crippen LogP contribution >= 0.6 is 0 Å². The van der Waals surface area contributed by atoms with Crippen molar-refractivity contribution in [1.82, 2.24) is 15.2 Å². The molecule has 0 saturated carbocycles. The smallest absolute Gasteiger partial charge is 0.233 e. The van der Waals surface area contributed by atoms with Crippen molar-refractivity contribution in [2.24, 2.45) is 0 Å². The number of nitrogens with zero attached hydrogens (tertiary/aromatic N) is 2. The Kier molecular flexibility index (Phi) is 4.73. The van der Waals surface area contributed by atoms with E-state index in [4.69, 9.17) is 0 Å². The summed E-state index contributed by atoms with van der Waals surface area (Å²) in [7, 11) is -3.30. The summed E-state index contributed by atoms with van der Waals surface area (Å²) in [5.74, 6) is 0.120. The van der Waals surface area contributed by atoms with Gasteiger partial charge in [0.2, 0.25) is 10.0 Å². The van der Waals surface area contributed by atoms with Crippen LogP contribution < -0.4 is 10.0 Å². The van der Waals surface area contributed by atoms with Crippen LogP contribution in [-0.2, 0) is 10.0 Å². The van der Waals surface area contributed by atoms with Crippen LogP contribution in [0.2, 0.25) is 0 Å². The first-order valence-electron chi connectivity index (χ1n) is 6.41. The molecular formula is C12H20N4O2S. The fourth-order valence-corrected chi connectivity index (χ4v) is 3.16. The highest BCUT2D eigenvalue weighted by Crippen LogP contribution is 2.13. The Morgan fingerprint density at radius 3 is 2.84 bits per heavy atom. The predicted molar refractivity (Wildman–Crippen MR) is 75.7 cm³/mol. The van der Waals surface area contributed by atoms with Crippen LogP contribution in [0.25, 0.3) is 0 Å². The Morgan fingerprint density at radius 1 is 1.42 bits per heavy atom. The van der Waals surface area contributed by atoms with Crippen LogP contribution in [0.1, 0.15) is 5.56 Å². The van der Waals surface area contributed by atoms with Gasteiger partial charge >= 0.3 is 0 Å². The highest BCUT2D eigenvalue weighted by molar-refractivity contribution is 7.92. The van der Waals surface area contributed by atoms with E-state index in [9.17, 15) is 8.42 Å². The molecule has 0 aliphatic carbocycles. The molecular weight excluding hydrogens is 264 g/mol. The topological polar surface area (TPSA) is 74.3 Å². The molecule has 2 N–H and O–H groups in total. The van der Waals surface area contributed by atoms with Gasteiger partial charge in [-0.25, -0.2) is 8.42 Å². The van der Waals surface area contributed by atoms with Crippen LogP contribution in [0.4, 0.5) is 5.69 Å². The first-order valence-corrected chi connectivity index (χ1v) is 8.06. The number of hydrogen-bond acceptors (Lipinski definition) is 5. The van der Waals surface area contributed by atoms with E-state index in [1.54, 1.807) is 18.5 Å². The summed E-state index contributed by atoms with van der Waals surface area (Å²) in [5.41, 5.74) is 1.43. The monoisotopic (exact) mass is 284 g/mol. The predicted octanol–water partition coefficient (Wildman–Crippen LogP) is 0.0369. The summed E-state index contributed by atoms with van der Waals surface area (Å²) in [4.78, 5) is 6.11. The van der Waals surface area contributed by atoms with Gasteiger partial charge in [-0.1, -0.05) is 0 Å². The van der Waals surface area contributed by atoms with Crippen LogP contribution in [0.15, 0.2) is 18.5 Å². The molecule has 0 bridgehead atoms. The van der Waals surface area contributed by atoms with Gasteiger partial charge in [-0.15, -0.1) is 0 Å². The molecule has 6 nitrogen and oxygen atoms in total. The summed E-state index contributed by atoms with van der Waals surface area (Å²) in [6.45, 7) is 6.07. The van der Waals surface area contributed by atoms with Gasteiger partial charge in [-0.3, -0.25) is 14.6 Å². The first-order chi connectivity index (χ1) is 9.07. The Hall–Kier alpha value is -1.18. The van der Waals surface area contributed by atoms with Crippen LogP contribution in [0.5, 0.6) is 0 Å². The number of piperazine rings is 1. The summed E-state index contributed by atoms with van der Waals surface area (Å²) in [5, 5.41) is 3.25. The van der Waals surface area contributed by atoms with Gasteiger partial charge in [0.05, 0.1) is 11.4 Å². The molecule has 0 spiro atoms. The molecule has 1 aromatic heterocycles. The molecule has 19 heavy (non-hydrogen) atoms. The maximum Gasteiger partial charge on any atom is 0.233 e. The van der Waals surface area contributed by atoms with Crippen molar-refractivity contribution in [2.75, 3.05) is 43.2 Å². The van der Waals surface area contributed by atoms with E-state index in [2.05, 4.69) is 19.9 Å². The second kappa shape index (κ2) is 6.31. The van der Waals surface area contributed by atoms with Gasteiger partial charge in [0.25, 0.3) is 0 Å². The maximum atomic E-state index is 12.0. The van der Waals surface area contributed by atoms with Crippen molar-refractivity contribution in [3.05, 3.63) is 24.0 Å². The fraction of sp³-hybridized carbons (Fsp3) is 0.583. The number of sulfonamides is 1. The minimum absolute atomic E-state index is 0.120. The number of anilines is 1. The molecule has 0 amide bonds. The molecule has 1 aromatic rings. The van der Waals surface area contributed by atoms with Crippen LogP contribution in [-0.4, -0.2) is 56.8 Å². The molecule has 2 heterocycles. The molecule has 0 radical (unpaired) electrons. The summed E-state index contributed by atoms with van der Waals surface area (Å²) < 4.78 is 26.7. The van der Waals surface area contributed by atoms with Gasteiger partial charge in [-0.2, -0.15) is 0 Å². The van der Waals surface area contributed by atoms with Crippen LogP contribution in [0.3, 0.4) is 0 Å². The highest BCUT2D eigenvalue weighted by atomic mass is 32.2. The van der Waals surface area contributed by atoms with Gasteiger partial charge in [-0.05, 0) is 18.6 Å². The van der Waals surface area contributed by atoms with Crippen molar-refractivity contribution < 1.29 is 8.42 Å². The molecule has 0 unspecified atom stereocenters. The molecule has 106 valence electrons. The van der Waals surface area contributed by atoms with Crippen molar-refractivity contribution in [3.63, 3.8) is 0 Å². The standard InChI is InChI=1S/C12H20N4O2S/c1-11-10-14-3-2-12(11)15-19(17,18)9-8-16-6-4-13-5-7-16/h2-3,10,13H,4-9H2,1H3,(H,14,15). The first kappa shape index (κ1) is 14.2. The Morgan fingerprint density at radius 2 is 2.16 bits per heavy atom. The largest absolute Gasteiger partial charge is 0.314 e. The zero-order valence-electron chi connectivity index (χ0n) is 11.1. The molecule has 1 aliphatic heterocycles. The Balaban J connectivity index is 1.90. The van der Waals surface area contributed by atoms with Crippen LogP contribution in [0, 0.1) is 6.92 Å². The third-order valence-electron chi connectivity index (χ3n) is 3.17. The number of aryl methyl sites for hydroxylation is 1. The third-order valence-corrected chi connectivity index (χ3v) is 4.42. The molecule has 1 fully saturated rings. The van der Waals surface area contributed by atoms with E-state index >= 15 is 0 Å². The average Bonchev–Trinajstić information content (AvgIpc) is 2.40. The average molecular weight is 284 g/mol. The second-order valence-electron chi connectivity index (χ2n) is 4.70. The van der Waals surface area contributed by atoms with E-state index in [0.717, 1.165) is 31.7 Å². The lowest BCUT2D eigenvalue weighted by molar-refractivity contribution is 0.254. The number of aromatic nitrogens is 1. The van der Waals surface area contributed by atoms with Crippen molar-refractivity contribution in [3.8, 4) is 0 Å². The van der Waals surface area contributed by atoms with E-state index in [1.807, 2.05) is 6.92 Å². The van der Waals surface area contributed by atoms with E-state index in [1.165, 1.54) is 0 Å². The highest BCUT2D eigenvalue weighted by Gasteiger charge is 2.16. The Labute approximate surface area is 114 Å². The number of nitrogens with one attached hydrogen (secondary N) is 2. The summed E-state index contributed by atoms with van der Waals surface area (Å²) in [6.07, 6.45) is 3.23. The SMILES string of the molecule is Cc1cnccc1NS(=O)(=O)CCN1CCNCC1. The molecule has 1 saturated heterocycles. The number of rotatable bonds is 5. The van der Waals surface area contributed by atoms with E-state index < -0.39 is 10.0 Å². The molecule has 0 aromatic carbocycles. The minimum atomic E-state index is -3.30. The summed E-state index contributed by atoms with van der Waals surface area (Å²) >= 11 is 0. The van der Waals surface area contributed by atoms with Gasteiger partial charge in [0.1, 0.15) is 0 Å². The van der Waals surface area contributed by atoms with E-state index in [0.29, 0.717) is 12.2 Å². The Bertz CT molecular complexity index is 512. The zero-order valence-corrected chi connectivity index (χ0v) is 11.9. The van der Waals surface area contributed by atoms with Crippen molar-refractivity contribution in [2.45, 2.75) is 6.92 Å². The fourth-order valence-electron chi connectivity index (χ4n) is 1.99. The lowest BCUT2D eigenvalue weighted by Gasteiger charge is -2.26.